The van der Waals surface area contributed by atoms with E-state index in [-0.39, 0.29) is 17.4 Å². The molecule has 0 bridgehead atoms. The van der Waals surface area contributed by atoms with Crippen molar-refractivity contribution in [1.29, 1.82) is 0 Å². The summed E-state index contributed by atoms with van der Waals surface area (Å²) in [7, 11) is 0. The van der Waals surface area contributed by atoms with Crippen molar-refractivity contribution in [1.82, 2.24) is 5.32 Å². The largest absolute Gasteiger partial charge is 0.350 e. The second-order valence-corrected chi connectivity index (χ2v) is 6.40. The Labute approximate surface area is 123 Å². The van der Waals surface area contributed by atoms with E-state index in [9.17, 15) is 4.79 Å². The first-order valence-electron chi connectivity index (χ1n) is 6.80. The molecule has 1 fully saturated rings. The van der Waals surface area contributed by atoms with E-state index in [4.69, 9.17) is 5.73 Å². The maximum Gasteiger partial charge on any atom is 0.221 e. The summed E-state index contributed by atoms with van der Waals surface area (Å²) in [4.78, 5) is 12.1. The number of halogens is 1. The van der Waals surface area contributed by atoms with E-state index in [1.807, 2.05) is 31.2 Å². The van der Waals surface area contributed by atoms with Crippen molar-refractivity contribution in [2.45, 2.75) is 38.6 Å². The van der Waals surface area contributed by atoms with Crippen LogP contribution in [0.15, 0.2) is 28.7 Å². The molecule has 19 heavy (non-hydrogen) atoms. The van der Waals surface area contributed by atoms with Crippen LogP contribution in [-0.2, 0) is 4.79 Å². The van der Waals surface area contributed by atoms with E-state index in [1.165, 1.54) is 6.42 Å². The first kappa shape index (κ1) is 14.5. The lowest BCUT2D eigenvalue weighted by Gasteiger charge is -2.40. The van der Waals surface area contributed by atoms with Gasteiger partial charge < -0.3 is 11.1 Å². The van der Waals surface area contributed by atoms with Crippen molar-refractivity contribution in [2.24, 2.45) is 11.1 Å². The van der Waals surface area contributed by atoms with Crippen molar-refractivity contribution in [3.63, 3.8) is 0 Å². The zero-order chi connectivity index (χ0) is 13.9. The van der Waals surface area contributed by atoms with Gasteiger partial charge in [-0.05, 0) is 43.4 Å². The van der Waals surface area contributed by atoms with E-state index in [2.05, 4.69) is 21.2 Å². The Bertz CT molecular complexity index is 452. The number of hydrogen-bond donors (Lipinski definition) is 2. The zero-order valence-corrected chi connectivity index (χ0v) is 12.9. The molecule has 2 rings (SSSR count). The Morgan fingerprint density at radius 1 is 1.47 bits per heavy atom. The number of carbonyl (C=O) groups excluding carboxylic acids is 1. The number of nitrogens with one attached hydrogen (secondary N) is 1. The predicted octanol–water partition coefficient (Wildman–Crippen LogP) is 3.15. The van der Waals surface area contributed by atoms with Gasteiger partial charge in [0.25, 0.3) is 0 Å². The van der Waals surface area contributed by atoms with E-state index < -0.39 is 0 Å². The van der Waals surface area contributed by atoms with E-state index in [0.717, 1.165) is 22.9 Å². The molecule has 0 saturated heterocycles. The summed E-state index contributed by atoms with van der Waals surface area (Å²) in [5.41, 5.74) is 6.97. The number of carbonyl (C=O) groups is 1. The molecular weight excluding hydrogens is 304 g/mol. The summed E-state index contributed by atoms with van der Waals surface area (Å²) in [5.74, 6) is 0.105. The zero-order valence-electron chi connectivity index (χ0n) is 11.3. The van der Waals surface area contributed by atoms with Gasteiger partial charge in [-0.3, -0.25) is 4.79 Å². The maximum atomic E-state index is 12.1. The van der Waals surface area contributed by atoms with Crippen LogP contribution in [-0.4, -0.2) is 12.5 Å². The van der Waals surface area contributed by atoms with Crippen LogP contribution in [0.25, 0.3) is 0 Å². The molecule has 1 aliphatic carbocycles. The SMILES string of the molecule is C[C@H](NC(=O)CC1(CN)CCC1)c1ccccc1Br. The van der Waals surface area contributed by atoms with Gasteiger partial charge in [-0.15, -0.1) is 0 Å². The van der Waals surface area contributed by atoms with Gasteiger partial charge >= 0.3 is 0 Å². The molecule has 104 valence electrons. The highest BCUT2D eigenvalue weighted by Crippen LogP contribution is 2.42. The predicted molar refractivity (Wildman–Crippen MR) is 80.7 cm³/mol. The molecule has 1 aromatic rings. The fraction of sp³-hybridized carbons (Fsp3) is 0.533. The van der Waals surface area contributed by atoms with E-state index in [0.29, 0.717) is 13.0 Å². The molecule has 0 radical (unpaired) electrons. The van der Waals surface area contributed by atoms with Crippen molar-refractivity contribution >= 4 is 21.8 Å². The number of rotatable bonds is 5. The molecule has 1 saturated carbocycles. The number of nitrogens with two attached hydrogens (primary N) is 1. The molecule has 1 aliphatic rings. The molecular formula is C15H21BrN2O. The van der Waals surface area contributed by atoms with E-state index >= 15 is 0 Å². The lowest BCUT2D eigenvalue weighted by atomic mass is 9.66. The Kier molecular flexibility index (Phi) is 4.63. The summed E-state index contributed by atoms with van der Waals surface area (Å²) in [5, 5.41) is 3.07. The molecule has 1 amide bonds. The highest BCUT2D eigenvalue weighted by atomic mass is 79.9. The van der Waals surface area contributed by atoms with Crippen molar-refractivity contribution < 1.29 is 4.79 Å². The van der Waals surface area contributed by atoms with Crippen LogP contribution in [0, 0.1) is 5.41 Å². The molecule has 1 atom stereocenters. The summed E-state index contributed by atoms with van der Waals surface area (Å²) >= 11 is 3.52. The topological polar surface area (TPSA) is 55.1 Å². The Balaban J connectivity index is 1.94. The summed E-state index contributed by atoms with van der Waals surface area (Å²) in [6.45, 7) is 2.62. The summed E-state index contributed by atoms with van der Waals surface area (Å²) in [6, 6.07) is 7.98. The fourth-order valence-corrected chi connectivity index (χ4v) is 3.30. The van der Waals surface area contributed by atoms with Crippen LogP contribution in [0.3, 0.4) is 0 Å². The Morgan fingerprint density at radius 3 is 2.68 bits per heavy atom. The number of hydrogen-bond acceptors (Lipinski definition) is 2. The molecule has 0 heterocycles. The van der Waals surface area contributed by atoms with Crippen molar-refractivity contribution in [2.75, 3.05) is 6.54 Å². The average molecular weight is 325 g/mol. The first-order chi connectivity index (χ1) is 9.06. The smallest absolute Gasteiger partial charge is 0.221 e. The fourth-order valence-electron chi connectivity index (χ4n) is 2.67. The van der Waals surface area contributed by atoms with Gasteiger partial charge in [0.15, 0.2) is 0 Å². The van der Waals surface area contributed by atoms with Crippen LogP contribution in [0.2, 0.25) is 0 Å². The molecule has 3 nitrogen and oxygen atoms in total. The van der Waals surface area contributed by atoms with E-state index in [1.54, 1.807) is 0 Å². The first-order valence-corrected chi connectivity index (χ1v) is 7.59. The third-order valence-electron chi connectivity index (χ3n) is 4.13. The lowest BCUT2D eigenvalue weighted by molar-refractivity contribution is -0.125. The average Bonchev–Trinajstić information content (AvgIpc) is 2.34. The second kappa shape index (κ2) is 6.06. The van der Waals surface area contributed by atoms with Gasteiger partial charge in [0.05, 0.1) is 6.04 Å². The normalized spacial score (nSPS) is 18.5. The number of benzene rings is 1. The molecule has 0 spiro atoms. The highest BCUT2D eigenvalue weighted by molar-refractivity contribution is 9.10. The van der Waals surface area contributed by atoms with Gasteiger partial charge in [0.1, 0.15) is 0 Å². The quantitative estimate of drug-likeness (QED) is 0.874. The van der Waals surface area contributed by atoms with Gasteiger partial charge in [0.2, 0.25) is 5.91 Å². The molecule has 0 aliphatic heterocycles. The highest BCUT2D eigenvalue weighted by Gasteiger charge is 2.37. The van der Waals surface area contributed by atoms with Gasteiger partial charge in [0, 0.05) is 10.9 Å². The molecule has 0 aromatic heterocycles. The Morgan fingerprint density at radius 2 is 2.16 bits per heavy atom. The minimum absolute atomic E-state index is 0.0120. The lowest BCUT2D eigenvalue weighted by Crippen LogP contribution is -2.42. The van der Waals surface area contributed by atoms with Gasteiger partial charge in [-0.25, -0.2) is 0 Å². The molecule has 1 aromatic carbocycles. The Hall–Kier alpha value is -0.870. The second-order valence-electron chi connectivity index (χ2n) is 5.55. The summed E-state index contributed by atoms with van der Waals surface area (Å²) in [6.07, 6.45) is 3.92. The van der Waals surface area contributed by atoms with Gasteiger partial charge in [-0.2, -0.15) is 0 Å². The maximum absolute atomic E-state index is 12.1. The number of amides is 1. The van der Waals surface area contributed by atoms with Gasteiger partial charge in [-0.1, -0.05) is 40.5 Å². The van der Waals surface area contributed by atoms with Crippen molar-refractivity contribution in [3.05, 3.63) is 34.3 Å². The third-order valence-corrected chi connectivity index (χ3v) is 4.85. The third kappa shape index (κ3) is 3.37. The molecule has 0 unspecified atom stereocenters. The monoisotopic (exact) mass is 324 g/mol. The molecule has 4 heteroatoms. The summed E-state index contributed by atoms with van der Waals surface area (Å²) < 4.78 is 1.03. The standard InChI is InChI=1S/C15H21BrN2O/c1-11(12-5-2-3-6-13(12)16)18-14(19)9-15(10-17)7-4-8-15/h2-3,5-6,11H,4,7-10,17H2,1H3,(H,18,19)/t11-/m0/s1. The minimum Gasteiger partial charge on any atom is -0.350 e. The van der Waals surface area contributed by atoms with Crippen LogP contribution in [0.1, 0.15) is 44.2 Å². The van der Waals surface area contributed by atoms with Crippen LogP contribution >= 0.6 is 15.9 Å². The van der Waals surface area contributed by atoms with Crippen LogP contribution in [0.4, 0.5) is 0 Å². The molecule has 3 N–H and O–H groups in total. The van der Waals surface area contributed by atoms with Crippen molar-refractivity contribution in [3.8, 4) is 0 Å². The van der Waals surface area contributed by atoms with Crippen LogP contribution < -0.4 is 11.1 Å². The minimum atomic E-state index is 0.0120. The van der Waals surface area contributed by atoms with Crippen LogP contribution in [0.5, 0.6) is 0 Å².